The summed E-state index contributed by atoms with van der Waals surface area (Å²) < 4.78 is 0. The molecular formula is C10H10N2O2. The van der Waals surface area contributed by atoms with Gasteiger partial charge in [-0.15, -0.1) is 0 Å². The van der Waals surface area contributed by atoms with Crippen LogP contribution < -0.4 is 5.32 Å². The van der Waals surface area contributed by atoms with Gasteiger partial charge in [-0.05, 0) is 24.6 Å². The van der Waals surface area contributed by atoms with Crippen molar-refractivity contribution < 1.29 is 9.90 Å². The average Bonchev–Trinajstić information content (AvgIpc) is 2.12. The topological polar surface area (TPSA) is 73.1 Å². The molecule has 2 N–H and O–H groups in total. The Morgan fingerprint density at radius 2 is 2.36 bits per heavy atom. The van der Waals surface area contributed by atoms with Crippen molar-refractivity contribution in [3.63, 3.8) is 0 Å². The summed E-state index contributed by atoms with van der Waals surface area (Å²) in [7, 11) is 0. The Balaban J connectivity index is 2.81. The Bertz CT molecular complexity index is 394. The lowest BCUT2D eigenvalue weighted by Gasteiger charge is -2.05. The van der Waals surface area contributed by atoms with Crippen LogP contribution in [0.5, 0.6) is 5.75 Å². The molecule has 4 nitrogen and oxygen atoms in total. The fourth-order valence-electron chi connectivity index (χ4n) is 1.02. The van der Waals surface area contributed by atoms with Crippen LogP contribution in [-0.2, 0) is 4.79 Å². The first kappa shape index (κ1) is 10.1. The summed E-state index contributed by atoms with van der Waals surface area (Å²) >= 11 is 0. The van der Waals surface area contributed by atoms with Crippen LogP contribution in [0.25, 0.3) is 0 Å². The summed E-state index contributed by atoms with van der Waals surface area (Å²) in [5, 5.41) is 20.1. The van der Waals surface area contributed by atoms with E-state index in [1.165, 1.54) is 6.07 Å². The number of phenols is 1. The van der Waals surface area contributed by atoms with Gasteiger partial charge in [-0.1, -0.05) is 6.07 Å². The van der Waals surface area contributed by atoms with E-state index in [2.05, 4.69) is 5.32 Å². The van der Waals surface area contributed by atoms with Crippen LogP contribution in [0.15, 0.2) is 18.2 Å². The molecule has 0 aliphatic heterocycles. The van der Waals surface area contributed by atoms with Crippen LogP contribution in [0.3, 0.4) is 0 Å². The first-order valence-electron chi connectivity index (χ1n) is 4.10. The second kappa shape index (κ2) is 4.28. The van der Waals surface area contributed by atoms with Crippen LogP contribution in [0.1, 0.15) is 12.0 Å². The molecule has 4 heteroatoms. The van der Waals surface area contributed by atoms with E-state index >= 15 is 0 Å². The van der Waals surface area contributed by atoms with E-state index in [-0.39, 0.29) is 12.2 Å². The number of nitrogens with one attached hydrogen (secondary N) is 1. The third-order valence-corrected chi connectivity index (χ3v) is 1.67. The minimum atomic E-state index is -0.423. The van der Waals surface area contributed by atoms with Crippen LogP contribution in [0.4, 0.5) is 5.69 Å². The molecule has 1 rings (SSSR count). The first-order valence-corrected chi connectivity index (χ1v) is 4.10. The largest absolute Gasteiger partial charge is 0.506 e. The van der Waals surface area contributed by atoms with Crippen molar-refractivity contribution in [3.05, 3.63) is 23.8 Å². The van der Waals surface area contributed by atoms with E-state index in [9.17, 15) is 9.90 Å². The van der Waals surface area contributed by atoms with Crippen molar-refractivity contribution in [2.24, 2.45) is 0 Å². The molecule has 14 heavy (non-hydrogen) atoms. The molecule has 0 heterocycles. The summed E-state index contributed by atoms with van der Waals surface area (Å²) in [6.45, 7) is 1.85. The molecule has 72 valence electrons. The van der Waals surface area contributed by atoms with Crippen molar-refractivity contribution in [2.75, 3.05) is 5.32 Å². The normalized spacial score (nSPS) is 9.14. The lowest BCUT2D eigenvalue weighted by Crippen LogP contribution is -2.10. The van der Waals surface area contributed by atoms with Crippen molar-refractivity contribution in [2.45, 2.75) is 13.3 Å². The van der Waals surface area contributed by atoms with Gasteiger partial charge in [0.1, 0.15) is 12.2 Å². The summed E-state index contributed by atoms with van der Waals surface area (Å²) in [6.07, 6.45) is -0.215. The van der Waals surface area contributed by atoms with Crippen LogP contribution in [-0.4, -0.2) is 11.0 Å². The standard InChI is InChI=1S/C10H10N2O2/c1-7-2-3-9(13)8(6-7)12-10(14)4-5-11/h2-3,6,13H,4H2,1H3,(H,12,14). The van der Waals surface area contributed by atoms with Gasteiger partial charge in [-0.3, -0.25) is 4.79 Å². The van der Waals surface area contributed by atoms with Gasteiger partial charge in [-0.2, -0.15) is 5.26 Å². The lowest BCUT2D eigenvalue weighted by molar-refractivity contribution is -0.115. The summed E-state index contributed by atoms with van der Waals surface area (Å²) in [4.78, 5) is 11.0. The van der Waals surface area contributed by atoms with E-state index in [0.29, 0.717) is 5.69 Å². The van der Waals surface area contributed by atoms with Crippen molar-refractivity contribution in [1.82, 2.24) is 0 Å². The molecule has 0 atom stereocenters. The molecule has 0 saturated heterocycles. The zero-order valence-electron chi connectivity index (χ0n) is 7.74. The molecule has 0 aliphatic carbocycles. The van der Waals surface area contributed by atoms with Crippen LogP contribution in [0, 0.1) is 18.3 Å². The maximum absolute atomic E-state index is 11.0. The van der Waals surface area contributed by atoms with E-state index in [1.807, 2.05) is 6.92 Å². The Hall–Kier alpha value is -2.02. The van der Waals surface area contributed by atoms with Gasteiger partial charge in [0.2, 0.25) is 5.91 Å². The highest BCUT2D eigenvalue weighted by Gasteiger charge is 2.05. The monoisotopic (exact) mass is 190 g/mol. The average molecular weight is 190 g/mol. The number of hydrogen-bond acceptors (Lipinski definition) is 3. The zero-order chi connectivity index (χ0) is 10.6. The Kier molecular flexibility index (Phi) is 3.08. The quantitative estimate of drug-likeness (QED) is 0.695. The minimum Gasteiger partial charge on any atom is -0.506 e. The third-order valence-electron chi connectivity index (χ3n) is 1.67. The molecule has 1 amide bonds. The molecule has 0 spiro atoms. The molecule has 0 unspecified atom stereocenters. The van der Waals surface area contributed by atoms with E-state index in [4.69, 9.17) is 5.26 Å². The summed E-state index contributed by atoms with van der Waals surface area (Å²) in [5.74, 6) is -0.421. The molecular weight excluding hydrogens is 180 g/mol. The molecule has 0 aromatic heterocycles. The second-order valence-electron chi connectivity index (χ2n) is 2.90. The number of anilines is 1. The molecule has 0 bridgehead atoms. The number of nitriles is 1. The van der Waals surface area contributed by atoms with E-state index in [0.717, 1.165) is 5.56 Å². The smallest absolute Gasteiger partial charge is 0.238 e. The molecule has 0 radical (unpaired) electrons. The van der Waals surface area contributed by atoms with E-state index in [1.54, 1.807) is 18.2 Å². The first-order chi connectivity index (χ1) is 6.63. The van der Waals surface area contributed by atoms with Gasteiger partial charge in [-0.25, -0.2) is 0 Å². The molecule has 0 aliphatic rings. The number of carbonyl (C=O) groups excluding carboxylic acids is 1. The van der Waals surface area contributed by atoms with Gasteiger partial charge in [0, 0.05) is 0 Å². The number of carbonyl (C=O) groups is 1. The van der Waals surface area contributed by atoms with Gasteiger partial charge < -0.3 is 10.4 Å². The van der Waals surface area contributed by atoms with Gasteiger partial charge in [0.25, 0.3) is 0 Å². The number of rotatable bonds is 2. The van der Waals surface area contributed by atoms with Crippen molar-refractivity contribution in [3.8, 4) is 11.8 Å². The highest BCUT2D eigenvalue weighted by molar-refractivity contribution is 5.93. The third kappa shape index (κ3) is 2.49. The molecule has 0 fully saturated rings. The van der Waals surface area contributed by atoms with Crippen LogP contribution >= 0.6 is 0 Å². The lowest BCUT2D eigenvalue weighted by atomic mass is 10.2. The molecule has 1 aromatic rings. The number of nitrogens with zero attached hydrogens (tertiary/aromatic N) is 1. The number of hydrogen-bond donors (Lipinski definition) is 2. The Labute approximate surface area is 81.8 Å². The number of amides is 1. The maximum Gasteiger partial charge on any atom is 0.238 e. The highest BCUT2D eigenvalue weighted by Crippen LogP contribution is 2.23. The van der Waals surface area contributed by atoms with E-state index < -0.39 is 5.91 Å². The second-order valence-corrected chi connectivity index (χ2v) is 2.90. The number of aromatic hydroxyl groups is 1. The maximum atomic E-state index is 11.0. The number of aryl methyl sites for hydroxylation is 1. The van der Waals surface area contributed by atoms with Gasteiger partial charge in [0.05, 0.1) is 11.8 Å². The SMILES string of the molecule is Cc1ccc(O)c(NC(=O)CC#N)c1. The van der Waals surface area contributed by atoms with Crippen molar-refractivity contribution >= 4 is 11.6 Å². The Morgan fingerprint density at radius 1 is 1.64 bits per heavy atom. The molecule has 1 aromatic carbocycles. The minimum absolute atomic E-state index is 0.00175. The van der Waals surface area contributed by atoms with Gasteiger partial charge in [0.15, 0.2) is 0 Å². The predicted octanol–water partition coefficient (Wildman–Crippen LogP) is 1.55. The number of phenolic OH excluding ortho intramolecular Hbond substituents is 1. The van der Waals surface area contributed by atoms with Crippen molar-refractivity contribution in [1.29, 1.82) is 5.26 Å². The summed E-state index contributed by atoms with van der Waals surface area (Å²) in [6, 6.07) is 6.60. The number of benzene rings is 1. The highest BCUT2D eigenvalue weighted by atomic mass is 16.3. The van der Waals surface area contributed by atoms with Crippen LogP contribution in [0.2, 0.25) is 0 Å². The molecule has 0 saturated carbocycles. The Morgan fingerprint density at radius 3 is 3.00 bits per heavy atom. The van der Waals surface area contributed by atoms with Gasteiger partial charge >= 0.3 is 0 Å². The fourth-order valence-corrected chi connectivity index (χ4v) is 1.02. The fraction of sp³-hybridized carbons (Fsp3) is 0.200. The predicted molar refractivity (Wildman–Crippen MR) is 51.7 cm³/mol. The summed E-state index contributed by atoms with van der Waals surface area (Å²) in [5.41, 5.74) is 1.26. The zero-order valence-corrected chi connectivity index (χ0v) is 7.74.